The SMILES string of the molecule is CS(=O)(=O)c1nccnc1OCC(=O)N1CCC(c2nc(C3=NOC(c4c(Cl)cccc4Cl)C3)cs2)CC1. The lowest BCUT2D eigenvalue weighted by atomic mass is 9.97. The van der Waals surface area contributed by atoms with Gasteiger partial charge >= 0.3 is 0 Å². The predicted octanol–water partition coefficient (Wildman–Crippen LogP) is 4.29. The quantitative estimate of drug-likeness (QED) is 0.396. The number of rotatable bonds is 7. The van der Waals surface area contributed by atoms with Crippen LogP contribution in [0, 0.1) is 0 Å². The zero-order valence-electron chi connectivity index (χ0n) is 20.2. The van der Waals surface area contributed by atoms with Gasteiger partial charge in [-0.05, 0) is 25.0 Å². The monoisotopic (exact) mass is 595 g/mol. The van der Waals surface area contributed by atoms with E-state index in [1.165, 1.54) is 12.4 Å². The van der Waals surface area contributed by atoms with E-state index in [1.807, 2.05) is 5.38 Å². The van der Waals surface area contributed by atoms with E-state index in [1.54, 1.807) is 34.4 Å². The molecular weight excluding hydrogens is 573 g/mol. The van der Waals surface area contributed by atoms with Gasteiger partial charge in [-0.3, -0.25) is 4.79 Å². The molecule has 0 aliphatic carbocycles. The van der Waals surface area contributed by atoms with Gasteiger partial charge in [0.05, 0.1) is 10.7 Å². The third-order valence-electron chi connectivity index (χ3n) is 6.32. The summed E-state index contributed by atoms with van der Waals surface area (Å²) in [6.45, 7) is 0.764. The number of hydrogen-bond acceptors (Lipinski definition) is 10. The van der Waals surface area contributed by atoms with Gasteiger partial charge < -0.3 is 14.5 Å². The molecule has 0 saturated carbocycles. The molecule has 1 atom stereocenters. The fourth-order valence-corrected chi connectivity index (χ4v) is 6.69. The summed E-state index contributed by atoms with van der Waals surface area (Å²) in [4.78, 5) is 32.5. The number of ether oxygens (including phenoxy) is 1. The van der Waals surface area contributed by atoms with Crippen molar-refractivity contribution in [2.45, 2.75) is 36.3 Å². The number of benzene rings is 1. The van der Waals surface area contributed by atoms with Crippen molar-refractivity contribution in [3.8, 4) is 5.88 Å². The van der Waals surface area contributed by atoms with Gasteiger partial charge in [0, 0.05) is 65.1 Å². The molecular formula is C24H23Cl2N5O5S2. The molecule has 1 saturated heterocycles. The molecule has 0 radical (unpaired) electrons. The van der Waals surface area contributed by atoms with Crippen molar-refractivity contribution < 1.29 is 22.8 Å². The van der Waals surface area contributed by atoms with Gasteiger partial charge in [0.15, 0.2) is 22.5 Å². The first-order chi connectivity index (χ1) is 18.2. The maximum Gasteiger partial charge on any atom is 0.260 e. The van der Waals surface area contributed by atoms with Gasteiger partial charge in [-0.25, -0.2) is 23.4 Å². The molecule has 2 aliphatic heterocycles. The number of thiazole rings is 1. The number of piperidine rings is 1. The Morgan fingerprint density at radius 1 is 1.18 bits per heavy atom. The maximum atomic E-state index is 12.7. The van der Waals surface area contributed by atoms with Crippen LogP contribution in [0.15, 0.2) is 46.2 Å². The van der Waals surface area contributed by atoms with Gasteiger partial charge in [0.2, 0.25) is 5.03 Å². The smallest absolute Gasteiger partial charge is 0.260 e. The van der Waals surface area contributed by atoms with E-state index in [-0.39, 0.29) is 35.4 Å². The average molecular weight is 597 g/mol. The molecule has 2 aromatic heterocycles. The van der Waals surface area contributed by atoms with Crippen molar-refractivity contribution in [3.05, 3.63) is 62.3 Å². The lowest BCUT2D eigenvalue weighted by molar-refractivity contribution is -0.134. The summed E-state index contributed by atoms with van der Waals surface area (Å²) < 4.78 is 29.1. The van der Waals surface area contributed by atoms with Crippen LogP contribution in [0.2, 0.25) is 10.0 Å². The summed E-state index contributed by atoms with van der Waals surface area (Å²) in [7, 11) is -3.63. The van der Waals surface area contributed by atoms with Crippen molar-refractivity contribution in [2.24, 2.45) is 5.16 Å². The molecule has 1 unspecified atom stereocenters. The summed E-state index contributed by atoms with van der Waals surface area (Å²) in [5, 5.41) is 7.99. The van der Waals surface area contributed by atoms with Crippen molar-refractivity contribution in [3.63, 3.8) is 0 Å². The molecule has 5 rings (SSSR count). The highest BCUT2D eigenvalue weighted by Crippen LogP contribution is 2.39. The van der Waals surface area contributed by atoms with Crippen molar-refractivity contribution >= 4 is 56.0 Å². The average Bonchev–Trinajstić information content (AvgIpc) is 3.57. The predicted molar refractivity (Wildman–Crippen MR) is 143 cm³/mol. The number of oxime groups is 1. The minimum absolute atomic E-state index is 0.175. The highest BCUT2D eigenvalue weighted by Gasteiger charge is 2.31. The molecule has 200 valence electrons. The Kier molecular flexibility index (Phi) is 7.85. The zero-order valence-corrected chi connectivity index (χ0v) is 23.4. The molecule has 3 aromatic rings. The minimum Gasteiger partial charge on any atom is -0.466 e. The molecule has 4 heterocycles. The number of aromatic nitrogens is 3. The largest absolute Gasteiger partial charge is 0.466 e. The number of carbonyl (C=O) groups excluding carboxylic acids is 1. The molecule has 10 nitrogen and oxygen atoms in total. The van der Waals surface area contributed by atoms with Crippen LogP contribution >= 0.6 is 34.5 Å². The van der Waals surface area contributed by atoms with Gasteiger partial charge in [-0.2, -0.15) is 0 Å². The summed E-state index contributed by atoms with van der Waals surface area (Å²) in [5.41, 5.74) is 2.24. The molecule has 0 bridgehead atoms. The summed E-state index contributed by atoms with van der Waals surface area (Å²) in [6, 6.07) is 5.34. The highest BCUT2D eigenvalue weighted by atomic mass is 35.5. The third-order valence-corrected chi connectivity index (χ3v) is 8.97. The van der Waals surface area contributed by atoms with Crippen LogP contribution < -0.4 is 4.74 Å². The Bertz CT molecular complexity index is 1470. The van der Waals surface area contributed by atoms with E-state index >= 15 is 0 Å². The molecule has 0 N–H and O–H groups in total. The van der Waals surface area contributed by atoms with Crippen LogP contribution in [-0.4, -0.2) is 65.8 Å². The maximum absolute atomic E-state index is 12.7. The Morgan fingerprint density at radius 2 is 1.89 bits per heavy atom. The molecule has 1 amide bonds. The van der Waals surface area contributed by atoms with E-state index in [9.17, 15) is 13.2 Å². The molecule has 1 fully saturated rings. The van der Waals surface area contributed by atoms with Crippen LogP contribution in [0.5, 0.6) is 5.88 Å². The van der Waals surface area contributed by atoms with Gasteiger partial charge in [-0.1, -0.05) is 34.4 Å². The Balaban J connectivity index is 1.15. The first-order valence-corrected chi connectivity index (χ1v) is 15.3. The normalized spacial score (nSPS) is 18.2. The van der Waals surface area contributed by atoms with Crippen molar-refractivity contribution in [1.29, 1.82) is 0 Å². The molecule has 0 spiro atoms. The van der Waals surface area contributed by atoms with E-state index < -0.39 is 9.84 Å². The fraction of sp³-hybridized carbons (Fsp3) is 0.375. The van der Waals surface area contributed by atoms with E-state index in [4.69, 9.17) is 37.8 Å². The number of carbonyl (C=O) groups is 1. The second kappa shape index (κ2) is 11.1. The Hall–Kier alpha value is -2.80. The second-order valence-corrected chi connectivity index (χ2v) is 12.6. The number of sulfone groups is 1. The van der Waals surface area contributed by atoms with E-state index in [0.29, 0.717) is 29.6 Å². The summed E-state index contributed by atoms with van der Waals surface area (Å²) in [5.74, 6) is -0.200. The minimum atomic E-state index is -3.63. The van der Waals surface area contributed by atoms with Crippen molar-refractivity contribution in [1.82, 2.24) is 19.9 Å². The first kappa shape index (κ1) is 26.8. The standard InChI is InChI=1S/C24H23Cl2N5O5S2/c1-38(33,34)24-22(27-7-8-28-24)35-12-20(32)31-9-5-14(6-10-31)23-29-18(13-37-23)17-11-19(36-30-17)21-15(25)3-2-4-16(21)26/h2-4,7-8,13-14,19H,5-6,9-12H2,1H3. The van der Waals surface area contributed by atoms with Gasteiger partial charge in [-0.15, -0.1) is 11.3 Å². The van der Waals surface area contributed by atoms with Crippen LogP contribution in [0.3, 0.4) is 0 Å². The Morgan fingerprint density at radius 3 is 2.61 bits per heavy atom. The molecule has 1 aromatic carbocycles. The summed E-state index contributed by atoms with van der Waals surface area (Å²) in [6.07, 6.45) is 5.25. The lowest BCUT2D eigenvalue weighted by Gasteiger charge is -2.31. The fourth-order valence-electron chi connectivity index (χ4n) is 4.37. The number of nitrogens with zero attached hydrogens (tertiary/aromatic N) is 5. The highest BCUT2D eigenvalue weighted by molar-refractivity contribution is 7.90. The number of likely N-dealkylation sites (tertiary alicyclic amines) is 1. The zero-order chi connectivity index (χ0) is 26.9. The molecule has 14 heteroatoms. The van der Waals surface area contributed by atoms with Crippen LogP contribution in [-0.2, 0) is 19.5 Å². The lowest BCUT2D eigenvalue weighted by Crippen LogP contribution is -2.40. The topological polar surface area (TPSA) is 124 Å². The van der Waals surface area contributed by atoms with Gasteiger partial charge in [0.25, 0.3) is 11.8 Å². The van der Waals surface area contributed by atoms with E-state index in [0.717, 1.165) is 41.1 Å². The number of amides is 1. The van der Waals surface area contributed by atoms with Gasteiger partial charge in [0.1, 0.15) is 5.71 Å². The molecule has 2 aliphatic rings. The third kappa shape index (κ3) is 5.78. The van der Waals surface area contributed by atoms with Crippen molar-refractivity contribution in [2.75, 3.05) is 26.0 Å². The van der Waals surface area contributed by atoms with Crippen LogP contribution in [0.1, 0.15) is 47.5 Å². The molecule has 38 heavy (non-hydrogen) atoms. The van der Waals surface area contributed by atoms with Crippen LogP contribution in [0.4, 0.5) is 0 Å². The summed E-state index contributed by atoms with van der Waals surface area (Å²) >= 11 is 14.2. The van der Waals surface area contributed by atoms with E-state index in [2.05, 4.69) is 15.1 Å². The Labute approximate surface area is 233 Å². The first-order valence-electron chi connectivity index (χ1n) is 11.7. The number of hydrogen-bond donors (Lipinski definition) is 0. The van der Waals surface area contributed by atoms with Crippen LogP contribution in [0.25, 0.3) is 0 Å². The number of halogens is 2. The second-order valence-electron chi connectivity index (χ2n) is 8.93.